The van der Waals surface area contributed by atoms with Crippen LogP contribution >= 0.6 is 23.1 Å². The molecule has 0 spiro atoms. The predicted molar refractivity (Wildman–Crippen MR) is 88.0 cm³/mol. The highest BCUT2D eigenvalue weighted by Gasteiger charge is 2.07. The number of carbonyl (C=O) groups excluding carboxylic acids is 1. The molecule has 118 valence electrons. The highest BCUT2D eigenvalue weighted by atomic mass is 32.2. The van der Waals surface area contributed by atoms with Crippen LogP contribution in [0.3, 0.4) is 0 Å². The van der Waals surface area contributed by atoms with Crippen LogP contribution in [0.25, 0.3) is 0 Å². The third-order valence-electron chi connectivity index (χ3n) is 2.70. The monoisotopic (exact) mass is 339 g/mol. The van der Waals surface area contributed by atoms with Crippen molar-refractivity contribution in [1.82, 2.24) is 10.2 Å². The van der Waals surface area contributed by atoms with Crippen LogP contribution in [0.1, 0.15) is 12.8 Å². The molecule has 6 nitrogen and oxygen atoms in total. The quantitative estimate of drug-likeness (QED) is 0.453. The zero-order valence-electron chi connectivity index (χ0n) is 12.4. The van der Waals surface area contributed by atoms with Crippen LogP contribution in [-0.4, -0.2) is 36.1 Å². The molecule has 0 aliphatic carbocycles. The summed E-state index contributed by atoms with van der Waals surface area (Å²) < 4.78 is 11.5. The lowest BCUT2D eigenvalue weighted by molar-refractivity contribution is -0.116. The molecule has 2 rings (SSSR count). The normalized spacial score (nSPS) is 10.3. The molecule has 2 aromatic rings. The Balaban J connectivity index is 1.66. The summed E-state index contributed by atoms with van der Waals surface area (Å²) in [5.41, 5.74) is 0. The van der Waals surface area contributed by atoms with Crippen molar-refractivity contribution in [2.45, 2.75) is 17.2 Å². The number of nitrogens with one attached hydrogen (secondary N) is 1. The molecule has 0 saturated carbocycles. The Morgan fingerprint density at radius 3 is 2.64 bits per heavy atom. The van der Waals surface area contributed by atoms with E-state index in [0.29, 0.717) is 24.6 Å². The topological polar surface area (TPSA) is 73.3 Å². The average molecular weight is 339 g/mol. The van der Waals surface area contributed by atoms with Gasteiger partial charge in [0.05, 0.1) is 13.7 Å². The summed E-state index contributed by atoms with van der Waals surface area (Å²) in [6.07, 6.45) is 2.93. The largest absolute Gasteiger partial charge is 0.497 e. The Bertz CT molecular complexity index is 602. The molecule has 1 heterocycles. The molecule has 0 fully saturated rings. The number of methoxy groups -OCH3 is 1. The van der Waals surface area contributed by atoms with Crippen LogP contribution in [0, 0.1) is 0 Å². The number of anilines is 1. The van der Waals surface area contributed by atoms with Crippen molar-refractivity contribution in [2.24, 2.45) is 0 Å². The summed E-state index contributed by atoms with van der Waals surface area (Å²) >= 11 is 2.87. The Morgan fingerprint density at radius 2 is 2.00 bits per heavy atom. The van der Waals surface area contributed by atoms with E-state index < -0.39 is 0 Å². The lowest BCUT2D eigenvalue weighted by atomic mass is 10.3. The van der Waals surface area contributed by atoms with Gasteiger partial charge < -0.3 is 14.8 Å². The van der Waals surface area contributed by atoms with Gasteiger partial charge in [-0.25, -0.2) is 0 Å². The fourth-order valence-corrected chi connectivity index (χ4v) is 2.81. The van der Waals surface area contributed by atoms with Crippen LogP contribution in [0.5, 0.6) is 11.5 Å². The average Bonchev–Trinajstić information content (AvgIpc) is 2.99. The first-order chi connectivity index (χ1) is 10.7. The maximum absolute atomic E-state index is 11.8. The fraction of sp³-hybridized carbons (Fsp3) is 0.357. The van der Waals surface area contributed by atoms with Crippen LogP contribution in [-0.2, 0) is 4.79 Å². The minimum absolute atomic E-state index is 0.0814. The number of nitrogens with zero attached hydrogens (tertiary/aromatic N) is 2. The molecule has 8 heteroatoms. The maximum Gasteiger partial charge on any atom is 0.226 e. The summed E-state index contributed by atoms with van der Waals surface area (Å²) in [6.45, 7) is 0.478. The van der Waals surface area contributed by atoms with E-state index in [4.69, 9.17) is 9.47 Å². The Hall–Kier alpha value is -1.80. The molecular formula is C14H17N3O3S2. The van der Waals surface area contributed by atoms with E-state index >= 15 is 0 Å². The van der Waals surface area contributed by atoms with Gasteiger partial charge in [-0.1, -0.05) is 23.1 Å². The zero-order valence-corrected chi connectivity index (χ0v) is 14.0. The first-order valence-electron chi connectivity index (χ1n) is 6.65. The van der Waals surface area contributed by atoms with Gasteiger partial charge in [-0.2, -0.15) is 0 Å². The molecular weight excluding hydrogens is 322 g/mol. The molecule has 0 aliphatic rings. The second kappa shape index (κ2) is 8.60. The third-order valence-corrected chi connectivity index (χ3v) is 4.52. The third kappa shape index (κ3) is 5.19. The van der Waals surface area contributed by atoms with Gasteiger partial charge >= 0.3 is 0 Å². The van der Waals surface area contributed by atoms with Crippen LogP contribution < -0.4 is 14.8 Å². The van der Waals surface area contributed by atoms with E-state index in [-0.39, 0.29) is 5.91 Å². The molecule has 1 amide bonds. The molecule has 0 unspecified atom stereocenters. The summed E-state index contributed by atoms with van der Waals surface area (Å²) in [6, 6.07) is 7.34. The van der Waals surface area contributed by atoms with Gasteiger partial charge in [0.15, 0.2) is 4.34 Å². The first kappa shape index (κ1) is 16.6. The number of aromatic nitrogens is 2. The van der Waals surface area contributed by atoms with Gasteiger partial charge in [0, 0.05) is 6.42 Å². The molecule has 0 atom stereocenters. The van der Waals surface area contributed by atoms with Gasteiger partial charge in [-0.3, -0.25) is 4.79 Å². The number of ether oxygens (including phenoxy) is 2. The van der Waals surface area contributed by atoms with E-state index in [9.17, 15) is 4.79 Å². The number of hydrogen-bond acceptors (Lipinski definition) is 7. The van der Waals surface area contributed by atoms with Gasteiger partial charge in [0.1, 0.15) is 11.5 Å². The van der Waals surface area contributed by atoms with Crippen molar-refractivity contribution in [3.05, 3.63) is 24.3 Å². The van der Waals surface area contributed by atoms with Crippen molar-refractivity contribution >= 4 is 34.1 Å². The summed E-state index contributed by atoms with van der Waals surface area (Å²) in [5, 5.41) is 11.1. The molecule has 1 aromatic heterocycles. The van der Waals surface area contributed by atoms with E-state index in [0.717, 1.165) is 15.8 Å². The summed E-state index contributed by atoms with van der Waals surface area (Å²) in [4.78, 5) is 11.8. The second-order valence-corrected chi connectivity index (χ2v) is 6.28. The van der Waals surface area contributed by atoms with Crippen LogP contribution in [0.15, 0.2) is 28.6 Å². The smallest absolute Gasteiger partial charge is 0.226 e. The lowest BCUT2D eigenvalue weighted by Gasteiger charge is -2.06. The van der Waals surface area contributed by atoms with Crippen molar-refractivity contribution < 1.29 is 14.3 Å². The minimum Gasteiger partial charge on any atom is -0.497 e. The highest BCUT2D eigenvalue weighted by molar-refractivity contribution is 8.00. The Morgan fingerprint density at radius 1 is 1.27 bits per heavy atom. The number of thioether (sulfide) groups is 1. The number of benzene rings is 1. The number of hydrogen-bond donors (Lipinski definition) is 1. The summed E-state index contributed by atoms with van der Waals surface area (Å²) in [5.74, 6) is 1.46. The van der Waals surface area contributed by atoms with E-state index in [1.165, 1.54) is 23.1 Å². The molecule has 0 saturated heterocycles. The molecule has 1 aromatic carbocycles. The fourth-order valence-electron chi connectivity index (χ4n) is 1.62. The zero-order chi connectivity index (χ0) is 15.8. The van der Waals surface area contributed by atoms with Gasteiger partial charge in [0.25, 0.3) is 0 Å². The van der Waals surface area contributed by atoms with E-state index in [1.807, 2.05) is 30.5 Å². The first-order valence-corrected chi connectivity index (χ1v) is 8.69. The maximum atomic E-state index is 11.8. The highest BCUT2D eigenvalue weighted by Crippen LogP contribution is 2.23. The summed E-state index contributed by atoms with van der Waals surface area (Å²) in [7, 11) is 1.62. The number of rotatable bonds is 8. The van der Waals surface area contributed by atoms with Gasteiger partial charge in [-0.05, 0) is 36.9 Å². The minimum atomic E-state index is -0.0814. The van der Waals surface area contributed by atoms with Gasteiger partial charge in [-0.15, -0.1) is 10.2 Å². The predicted octanol–water partition coefficient (Wildman–Crippen LogP) is 3.07. The van der Waals surface area contributed by atoms with Crippen molar-refractivity contribution in [3.63, 3.8) is 0 Å². The second-order valence-electron chi connectivity index (χ2n) is 4.25. The number of amides is 1. The van der Waals surface area contributed by atoms with Crippen molar-refractivity contribution in [1.29, 1.82) is 0 Å². The van der Waals surface area contributed by atoms with Gasteiger partial charge in [0.2, 0.25) is 11.0 Å². The molecule has 0 aliphatic heterocycles. The Kier molecular flexibility index (Phi) is 6.47. The molecule has 0 radical (unpaired) electrons. The van der Waals surface area contributed by atoms with Crippen LogP contribution in [0.2, 0.25) is 0 Å². The van der Waals surface area contributed by atoms with Crippen molar-refractivity contribution in [3.8, 4) is 11.5 Å². The van der Waals surface area contributed by atoms with Crippen molar-refractivity contribution in [2.75, 3.05) is 25.3 Å². The lowest BCUT2D eigenvalue weighted by Crippen LogP contribution is -2.12. The molecule has 1 N–H and O–H groups in total. The van der Waals surface area contributed by atoms with Crippen LogP contribution in [0.4, 0.5) is 5.13 Å². The standard InChI is InChI=1S/C14H17N3O3S2/c1-19-10-5-7-11(8-6-10)20-9-3-4-12(18)15-13-16-17-14(21-2)22-13/h5-8H,3-4,9H2,1-2H3,(H,15,16,18). The SMILES string of the molecule is COc1ccc(OCCCC(=O)Nc2nnc(SC)s2)cc1. The van der Waals surface area contributed by atoms with E-state index in [1.54, 1.807) is 7.11 Å². The molecule has 0 bridgehead atoms. The van der Waals surface area contributed by atoms with E-state index in [2.05, 4.69) is 15.5 Å². The Labute approximate surface area is 137 Å². The number of carbonyl (C=O) groups is 1. The molecule has 22 heavy (non-hydrogen) atoms.